The highest BCUT2D eigenvalue weighted by Gasteiger charge is 2.03. The first-order valence-corrected chi connectivity index (χ1v) is 4.28. The van der Waals surface area contributed by atoms with E-state index in [1.807, 2.05) is 6.92 Å². The minimum absolute atomic E-state index is 0.119. The van der Waals surface area contributed by atoms with E-state index in [1.165, 1.54) is 0 Å². The molecule has 0 aliphatic rings. The first-order chi connectivity index (χ1) is 6.27. The average molecular weight is 173 g/mol. The van der Waals surface area contributed by atoms with Crippen LogP contribution in [0.5, 0.6) is 0 Å². The van der Waals surface area contributed by atoms with Gasteiger partial charge in [-0.2, -0.15) is 0 Å². The zero-order valence-corrected chi connectivity index (χ0v) is 7.58. The molecule has 0 aliphatic carbocycles. The van der Waals surface area contributed by atoms with Gasteiger partial charge in [-0.1, -0.05) is 25.1 Å². The lowest BCUT2D eigenvalue weighted by molar-refractivity contribution is 0.0982. The van der Waals surface area contributed by atoms with Gasteiger partial charge >= 0.3 is 0 Å². The number of ketones is 1. The van der Waals surface area contributed by atoms with E-state index >= 15 is 0 Å². The zero-order valence-electron chi connectivity index (χ0n) is 7.58. The molecule has 0 N–H and O–H groups in total. The summed E-state index contributed by atoms with van der Waals surface area (Å²) in [4.78, 5) is 14.7. The summed E-state index contributed by atoms with van der Waals surface area (Å²) in [6.07, 6.45) is 1.41. The van der Waals surface area contributed by atoms with E-state index in [9.17, 15) is 4.79 Å². The third-order valence-electron chi connectivity index (χ3n) is 1.77. The molecule has 0 bridgehead atoms. The molecule has 0 saturated heterocycles. The molecule has 0 fully saturated rings. The number of benzene rings is 1. The van der Waals surface area contributed by atoms with Crippen LogP contribution in [0.2, 0.25) is 0 Å². The molecule has 1 aromatic rings. The van der Waals surface area contributed by atoms with Crippen LogP contribution in [0.25, 0.3) is 4.85 Å². The van der Waals surface area contributed by atoms with Crippen molar-refractivity contribution in [2.45, 2.75) is 19.8 Å². The van der Waals surface area contributed by atoms with Gasteiger partial charge in [0.05, 0.1) is 6.57 Å². The Morgan fingerprint density at radius 2 is 2.31 bits per heavy atom. The molecule has 1 aromatic carbocycles. The van der Waals surface area contributed by atoms with Crippen LogP contribution in [0.15, 0.2) is 24.3 Å². The molecule has 0 heterocycles. The van der Waals surface area contributed by atoms with Crippen molar-refractivity contribution in [3.05, 3.63) is 41.2 Å². The molecule has 0 aromatic heterocycles. The van der Waals surface area contributed by atoms with Gasteiger partial charge in [-0.25, -0.2) is 4.85 Å². The predicted octanol–water partition coefficient (Wildman–Crippen LogP) is 3.22. The second kappa shape index (κ2) is 4.42. The fourth-order valence-corrected chi connectivity index (χ4v) is 1.12. The van der Waals surface area contributed by atoms with E-state index in [0.717, 1.165) is 6.42 Å². The second-order valence-corrected chi connectivity index (χ2v) is 2.84. The van der Waals surface area contributed by atoms with Crippen LogP contribution in [0.3, 0.4) is 0 Å². The van der Waals surface area contributed by atoms with Crippen LogP contribution < -0.4 is 0 Å². The van der Waals surface area contributed by atoms with Gasteiger partial charge in [0.1, 0.15) is 0 Å². The summed E-state index contributed by atoms with van der Waals surface area (Å²) in [6, 6.07) is 6.85. The smallest absolute Gasteiger partial charge is 0.187 e. The van der Waals surface area contributed by atoms with Crippen LogP contribution in [0.4, 0.5) is 5.69 Å². The maximum atomic E-state index is 11.4. The number of hydrogen-bond donors (Lipinski definition) is 0. The highest BCUT2D eigenvalue weighted by atomic mass is 16.1. The number of hydrogen-bond acceptors (Lipinski definition) is 1. The maximum Gasteiger partial charge on any atom is 0.187 e. The van der Waals surface area contributed by atoms with Crippen LogP contribution >= 0.6 is 0 Å². The van der Waals surface area contributed by atoms with Crippen LogP contribution in [0, 0.1) is 6.57 Å². The Bertz CT molecular complexity index is 349. The molecule has 2 heteroatoms. The van der Waals surface area contributed by atoms with Crippen LogP contribution in [-0.2, 0) is 0 Å². The number of rotatable bonds is 3. The minimum Gasteiger partial charge on any atom is -0.294 e. The van der Waals surface area contributed by atoms with Crippen molar-refractivity contribution < 1.29 is 4.79 Å². The van der Waals surface area contributed by atoms with Gasteiger partial charge in [-0.15, -0.1) is 0 Å². The molecule has 0 aliphatic heterocycles. The predicted molar refractivity (Wildman–Crippen MR) is 51.9 cm³/mol. The third-order valence-corrected chi connectivity index (χ3v) is 1.77. The molecule has 66 valence electrons. The Hall–Kier alpha value is -1.62. The maximum absolute atomic E-state index is 11.4. The number of carbonyl (C=O) groups is 1. The topological polar surface area (TPSA) is 21.4 Å². The molecule has 1 rings (SSSR count). The zero-order chi connectivity index (χ0) is 9.68. The van der Waals surface area contributed by atoms with Crippen molar-refractivity contribution in [3.63, 3.8) is 0 Å². The summed E-state index contributed by atoms with van der Waals surface area (Å²) in [6.45, 7) is 8.77. The lowest BCUT2D eigenvalue weighted by atomic mass is 10.1. The lowest BCUT2D eigenvalue weighted by Gasteiger charge is -1.98. The average Bonchev–Trinajstić information content (AvgIpc) is 2.18. The van der Waals surface area contributed by atoms with Gasteiger partial charge in [0, 0.05) is 12.0 Å². The highest BCUT2D eigenvalue weighted by molar-refractivity contribution is 5.96. The molecule has 0 atom stereocenters. The summed E-state index contributed by atoms with van der Waals surface area (Å²) in [5, 5.41) is 0. The Morgan fingerprint density at radius 1 is 1.54 bits per heavy atom. The van der Waals surface area contributed by atoms with E-state index in [1.54, 1.807) is 24.3 Å². The van der Waals surface area contributed by atoms with Crippen molar-refractivity contribution in [1.29, 1.82) is 0 Å². The Labute approximate surface area is 78.0 Å². The molecular weight excluding hydrogens is 162 g/mol. The van der Waals surface area contributed by atoms with Gasteiger partial charge in [0.25, 0.3) is 0 Å². The van der Waals surface area contributed by atoms with Gasteiger partial charge in [-0.05, 0) is 12.5 Å². The molecule has 0 spiro atoms. The largest absolute Gasteiger partial charge is 0.294 e. The van der Waals surface area contributed by atoms with Gasteiger partial charge in [-0.3, -0.25) is 4.79 Å². The second-order valence-electron chi connectivity index (χ2n) is 2.84. The van der Waals surface area contributed by atoms with Crippen molar-refractivity contribution in [2.75, 3.05) is 0 Å². The normalized spacial score (nSPS) is 9.23. The van der Waals surface area contributed by atoms with Crippen LogP contribution in [0.1, 0.15) is 30.1 Å². The molecule has 0 saturated carbocycles. The van der Waals surface area contributed by atoms with E-state index in [-0.39, 0.29) is 5.78 Å². The van der Waals surface area contributed by atoms with Crippen molar-refractivity contribution in [1.82, 2.24) is 0 Å². The summed E-state index contributed by atoms with van der Waals surface area (Å²) in [7, 11) is 0. The number of carbonyl (C=O) groups excluding carboxylic acids is 1. The minimum atomic E-state index is 0.119. The third kappa shape index (κ3) is 2.41. The highest BCUT2D eigenvalue weighted by Crippen LogP contribution is 2.15. The summed E-state index contributed by atoms with van der Waals surface area (Å²) in [5.74, 6) is 0.119. The van der Waals surface area contributed by atoms with Gasteiger partial charge in [0.15, 0.2) is 11.5 Å². The Kier molecular flexibility index (Phi) is 3.22. The van der Waals surface area contributed by atoms with E-state index in [0.29, 0.717) is 17.7 Å². The van der Waals surface area contributed by atoms with Gasteiger partial charge in [0.2, 0.25) is 0 Å². The first kappa shape index (κ1) is 9.47. The fraction of sp³-hybridized carbons (Fsp3) is 0.273. The van der Waals surface area contributed by atoms with E-state index in [2.05, 4.69) is 4.85 Å². The summed E-state index contributed by atoms with van der Waals surface area (Å²) in [5.41, 5.74) is 1.18. The van der Waals surface area contributed by atoms with E-state index in [4.69, 9.17) is 6.57 Å². The first-order valence-electron chi connectivity index (χ1n) is 4.28. The van der Waals surface area contributed by atoms with Crippen molar-refractivity contribution >= 4 is 11.5 Å². The molecule has 13 heavy (non-hydrogen) atoms. The summed E-state index contributed by atoms with van der Waals surface area (Å²) >= 11 is 0. The molecule has 0 amide bonds. The quantitative estimate of drug-likeness (QED) is 0.508. The standard InChI is InChI=1S/C11H11NO/c1-3-5-11(13)9-6-4-7-10(8-9)12-2/h4,6-8H,3,5H2,1H3. The van der Waals surface area contributed by atoms with Crippen molar-refractivity contribution in [2.24, 2.45) is 0 Å². The summed E-state index contributed by atoms with van der Waals surface area (Å²) < 4.78 is 0. The number of nitrogens with zero attached hydrogens (tertiary/aromatic N) is 1. The van der Waals surface area contributed by atoms with E-state index < -0.39 is 0 Å². The Morgan fingerprint density at radius 3 is 2.92 bits per heavy atom. The lowest BCUT2D eigenvalue weighted by Crippen LogP contribution is -1.96. The number of Topliss-reactive ketones (excluding diaryl/α,β-unsaturated/α-hetero) is 1. The van der Waals surface area contributed by atoms with Gasteiger partial charge < -0.3 is 0 Å². The monoisotopic (exact) mass is 173 g/mol. The van der Waals surface area contributed by atoms with Crippen molar-refractivity contribution in [3.8, 4) is 0 Å². The molecule has 0 unspecified atom stereocenters. The molecule has 0 radical (unpaired) electrons. The fourth-order valence-electron chi connectivity index (χ4n) is 1.12. The van der Waals surface area contributed by atoms with Crippen LogP contribution in [-0.4, -0.2) is 5.78 Å². The Balaban J connectivity index is 2.90. The molecular formula is C11H11NO. The SMILES string of the molecule is [C-]#[N+]c1cccc(C(=O)CCC)c1. The molecule has 2 nitrogen and oxygen atoms in total.